The number of urea groups is 1. The molecule has 4 nitrogen and oxygen atoms in total. The van der Waals surface area contributed by atoms with E-state index in [2.05, 4.69) is 5.32 Å². The standard InChI is InChI=1S/C11H14FN3O/c12-9-7-8(13)3-4-10(9)14-11(16)15-5-1-2-6-15/h3-4,7H,1-2,5-6,13H2,(H,14,16). The Bertz CT molecular complexity index is 402. The average molecular weight is 223 g/mol. The Hall–Kier alpha value is -1.78. The predicted octanol–water partition coefficient (Wildman–Crippen LogP) is 2.04. The van der Waals surface area contributed by atoms with Gasteiger partial charge in [0.2, 0.25) is 0 Å². The summed E-state index contributed by atoms with van der Waals surface area (Å²) in [6, 6.07) is 3.97. The summed E-state index contributed by atoms with van der Waals surface area (Å²) < 4.78 is 13.4. The van der Waals surface area contributed by atoms with Crippen LogP contribution in [0.2, 0.25) is 0 Å². The zero-order valence-electron chi connectivity index (χ0n) is 8.87. The molecule has 0 aliphatic carbocycles. The molecule has 0 atom stereocenters. The van der Waals surface area contributed by atoms with Crippen molar-refractivity contribution in [1.29, 1.82) is 0 Å². The van der Waals surface area contributed by atoms with Crippen molar-refractivity contribution < 1.29 is 9.18 Å². The van der Waals surface area contributed by atoms with Crippen LogP contribution in [0.15, 0.2) is 18.2 Å². The molecule has 5 heteroatoms. The number of nitrogens with two attached hydrogens (primary N) is 1. The third kappa shape index (κ3) is 2.24. The fourth-order valence-electron chi connectivity index (χ4n) is 1.75. The zero-order chi connectivity index (χ0) is 11.5. The second-order valence-electron chi connectivity index (χ2n) is 3.86. The molecule has 86 valence electrons. The third-order valence-electron chi connectivity index (χ3n) is 2.63. The van der Waals surface area contributed by atoms with E-state index in [0.29, 0.717) is 5.69 Å². The Morgan fingerprint density at radius 1 is 1.38 bits per heavy atom. The Labute approximate surface area is 93.2 Å². The minimum absolute atomic E-state index is 0.172. The van der Waals surface area contributed by atoms with E-state index in [1.807, 2.05) is 0 Å². The molecule has 1 heterocycles. The van der Waals surface area contributed by atoms with Gasteiger partial charge >= 0.3 is 6.03 Å². The van der Waals surface area contributed by atoms with Gasteiger partial charge in [0.1, 0.15) is 5.82 Å². The lowest BCUT2D eigenvalue weighted by atomic mass is 10.3. The van der Waals surface area contributed by atoms with E-state index in [0.717, 1.165) is 25.9 Å². The van der Waals surface area contributed by atoms with Crippen LogP contribution in [0.4, 0.5) is 20.6 Å². The Morgan fingerprint density at radius 2 is 2.06 bits per heavy atom. The molecule has 0 spiro atoms. The lowest BCUT2D eigenvalue weighted by Gasteiger charge is -2.16. The number of hydrogen-bond acceptors (Lipinski definition) is 2. The van der Waals surface area contributed by atoms with Gasteiger partial charge in [0.25, 0.3) is 0 Å². The summed E-state index contributed by atoms with van der Waals surface area (Å²) in [6.07, 6.45) is 2.02. The molecule has 1 aliphatic heterocycles. The number of halogens is 1. The van der Waals surface area contributed by atoms with Gasteiger partial charge < -0.3 is 16.0 Å². The van der Waals surface area contributed by atoms with E-state index in [1.165, 1.54) is 12.1 Å². The summed E-state index contributed by atoms with van der Waals surface area (Å²) in [4.78, 5) is 13.3. The van der Waals surface area contributed by atoms with E-state index in [4.69, 9.17) is 5.73 Å². The van der Waals surface area contributed by atoms with Gasteiger partial charge in [0.05, 0.1) is 5.69 Å². The summed E-state index contributed by atoms with van der Waals surface area (Å²) in [5.41, 5.74) is 5.93. The number of carbonyl (C=O) groups is 1. The van der Waals surface area contributed by atoms with Crippen molar-refractivity contribution in [2.45, 2.75) is 12.8 Å². The molecule has 0 unspecified atom stereocenters. The predicted molar refractivity (Wildman–Crippen MR) is 60.6 cm³/mol. The van der Waals surface area contributed by atoms with Crippen LogP contribution in [0.3, 0.4) is 0 Å². The van der Waals surface area contributed by atoms with Gasteiger partial charge in [0, 0.05) is 18.8 Å². The Morgan fingerprint density at radius 3 is 2.69 bits per heavy atom. The van der Waals surface area contributed by atoms with Crippen LogP contribution in [0, 0.1) is 5.82 Å². The number of amides is 2. The highest BCUT2D eigenvalue weighted by Crippen LogP contribution is 2.18. The first-order valence-electron chi connectivity index (χ1n) is 5.28. The molecular weight excluding hydrogens is 209 g/mol. The maximum Gasteiger partial charge on any atom is 0.321 e. The van der Waals surface area contributed by atoms with Crippen LogP contribution in [0.5, 0.6) is 0 Å². The minimum Gasteiger partial charge on any atom is -0.399 e. The molecule has 2 rings (SSSR count). The first kappa shape index (κ1) is 10.7. The first-order chi connectivity index (χ1) is 7.66. The molecule has 1 aromatic rings. The SMILES string of the molecule is Nc1ccc(NC(=O)N2CCCC2)c(F)c1. The summed E-state index contributed by atoms with van der Waals surface area (Å²) in [6.45, 7) is 1.48. The molecule has 1 saturated heterocycles. The van der Waals surface area contributed by atoms with Crippen LogP contribution in [0.1, 0.15) is 12.8 Å². The molecule has 2 amide bonds. The van der Waals surface area contributed by atoms with Gasteiger partial charge in [0.15, 0.2) is 0 Å². The zero-order valence-corrected chi connectivity index (χ0v) is 8.87. The number of nitrogen functional groups attached to an aromatic ring is 1. The largest absolute Gasteiger partial charge is 0.399 e. The highest BCUT2D eigenvalue weighted by atomic mass is 19.1. The topological polar surface area (TPSA) is 58.4 Å². The molecule has 1 aromatic carbocycles. The maximum absolute atomic E-state index is 13.4. The van der Waals surface area contributed by atoms with Crippen LogP contribution >= 0.6 is 0 Å². The number of anilines is 2. The fourth-order valence-corrected chi connectivity index (χ4v) is 1.75. The van der Waals surface area contributed by atoms with Gasteiger partial charge in [-0.3, -0.25) is 0 Å². The van der Waals surface area contributed by atoms with E-state index in [1.54, 1.807) is 11.0 Å². The quantitative estimate of drug-likeness (QED) is 0.716. The van der Waals surface area contributed by atoms with Crippen LogP contribution in [0.25, 0.3) is 0 Å². The van der Waals surface area contributed by atoms with E-state index >= 15 is 0 Å². The monoisotopic (exact) mass is 223 g/mol. The first-order valence-corrected chi connectivity index (χ1v) is 5.28. The smallest absolute Gasteiger partial charge is 0.321 e. The summed E-state index contributed by atoms with van der Waals surface area (Å²) in [7, 11) is 0. The van der Waals surface area contributed by atoms with E-state index in [9.17, 15) is 9.18 Å². The van der Waals surface area contributed by atoms with Gasteiger partial charge in [-0.1, -0.05) is 0 Å². The van der Waals surface area contributed by atoms with Crippen LogP contribution in [-0.2, 0) is 0 Å². The second-order valence-corrected chi connectivity index (χ2v) is 3.86. The second kappa shape index (κ2) is 4.38. The minimum atomic E-state index is -0.507. The van der Waals surface area contributed by atoms with Crippen molar-refractivity contribution in [2.75, 3.05) is 24.1 Å². The highest BCUT2D eigenvalue weighted by molar-refractivity contribution is 5.89. The van der Waals surface area contributed by atoms with Crippen LogP contribution < -0.4 is 11.1 Å². The highest BCUT2D eigenvalue weighted by Gasteiger charge is 2.18. The van der Waals surface area contributed by atoms with Crippen molar-refractivity contribution in [3.8, 4) is 0 Å². The molecule has 1 aliphatic rings. The molecular formula is C11H14FN3O. The van der Waals surface area contributed by atoms with Gasteiger partial charge in [-0.15, -0.1) is 0 Å². The van der Waals surface area contributed by atoms with Crippen LogP contribution in [-0.4, -0.2) is 24.0 Å². The van der Waals surface area contributed by atoms with E-state index < -0.39 is 5.82 Å². The molecule has 0 saturated carbocycles. The van der Waals surface area contributed by atoms with Gasteiger partial charge in [-0.2, -0.15) is 0 Å². The molecule has 16 heavy (non-hydrogen) atoms. The summed E-state index contributed by atoms with van der Waals surface area (Å²) >= 11 is 0. The summed E-state index contributed by atoms with van der Waals surface area (Å²) in [5, 5.41) is 2.54. The number of hydrogen-bond donors (Lipinski definition) is 2. The number of benzene rings is 1. The fraction of sp³-hybridized carbons (Fsp3) is 0.364. The average Bonchev–Trinajstić information content (AvgIpc) is 2.75. The lowest BCUT2D eigenvalue weighted by molar-refractivity contribution is 0.222. The van der Waals surface area contributed by atoms with Crippen molar-refractivity contribution in [1.82, 2.24) is 4.90 Å². The van der Waals surface area contributed by atoms with Gasteiger partial charge in [-0.05, 0) is 31.0 Å². The Balaban J connectivity index is 2.05. The molecule has 3 N–H and O–H groups in total. The van der Waals surface area contributed by atoms with Crippen molar-refractivity contribution in [2.24, 2.45) is 0 Å². The number of nitrogens with one attached hydrogen (secondary N) is 1. The van der Waals surface area contributed by atoms with Gasteiger partial charge in [-0.25, -0.2) is 9.18 Å². The van der Waals surface area contributed by atoms with Crippen molar-refractivity contribution in [3.63, 3.8) is 0 Å². The lowest BCUT2D eigenvalue weighted by Crippen LogP contribution is -2.32. The van der Waals surface area contributed by atoms with Crippen molar-refractivity contribution >= 4 is 17.4 Å². The number of rotatable bonds is 1. The normalized spacial score (nSPS) is 15.2. The molecule has 0 bridgehead atoms. The third-order valence-corrected chi connectivity index (χ3v) is 2.63. The molecule has 0 radical (unpaired) electrons. The number of carbonyl (C=O) groups excluding carboxylic acids is 1. The summed E-state index contributed by atoms with van der Waals surface area (Å²) in [5.74, 6) is -0.507. The maximum atomic E-state index is 13.4. The van der Waals surface area contributed by atoms with Crippen molar-refractivity contribution in [3.05, 3.63) is 24.0 Å². The Kier molecular flexibility index (Phi) is 2.94. The number of likely N-dealkylation sites (tertiary alicyclic amines) is 1. The molecule has 1 fully saturated rings. The molecule has 0 aromatic heterocycles. The number of nitrogens with zero attached hydrogens (tertiary/aromatic N) is 1. The van der Waals surface area contributed by atoms with E-state index in [-0.39, 0.29) is 11.7 Å².